The summed E-state index contributed by atoms with van der Waals surface area (Å²) in [7, 11) is 0. The molecule has 1 aromatic heterocycles. The number of rotatable bonds is 4. The topological polar surface area (TPSA) is 79.5 Å². The lowest BCUT2D eigenvalue weighted by Crippen LogP contribution is -2.23. The Hall–Kier alpha value is -2.22. The van der Waals surface area contributed by atoms with Crippen molar-refractivity contribution in [3.05, 3.63) is 23.7 Å². The van der Waals surface area contributed by atoms with Crippen LogP contribution in [-0.2, 0) is 0 Å². The Bertz CT molecular complexity index is 450. The van der Waals surface area contributed by atoms with Crippen LogP contribution in [0.1, 0.15) is 34.5 Å². The van der Waals surface area contributed by atoms with Gasteiger partial charge in [0.25, 0.3) is 5.91 Å². The van der Waals surface area contributed by atoms with Crippen molar-refractivity contribution < 1.29 is 19.1 Å². The predicted molar refractivity (Wildman–Crippen MR) is 56.1 cm³/mol. The fourth-order valence-electron chi connectivity index (χ4n) is 1.03. The van der Waals surface area contributed by atoms with Gasteiger partial charge >= 0.3 is 5.97 Å². The molecule has 0 saturated carbocycles. The van der Waals surface area contributed by atoms with Gasteiger partial charge in [0.1, 0.15) is 0 Å². The number of carboxylic acid groups (broad SMARTS) is 1. The third-order valence-electron chi connectivity index (χ3n) is 1.75. The third kappa shape index (κ3) is 3.17. The van der Waals surface area contributed by atoms with Gasteiger partial charge in [-0.05, 0) is 19.1 Å². The van der Waals surface area contributed by atoms with E-state index in [2.05, 4.69) is 17.2 Å². The van der Waals surface area contributed by atoms with Gasteiger partial charge in [0.15, 0.2) is 5.76 Å². The zero-order valence-corrected chi connectivity index (χ0v) is 8.74. The van der Waals surface area contributed by atoms with E-state index in [-0.39, 0.29) is 11.5 Å². The predicted octanol–water partition coefficient (Wildman–Crippen LogP) is 1.12. The van der Waals surface area contributed by atoms with E-state index in [0.29, 0.717) is 13.0 Å². The van der Waals surface area contributed by atoms with Gasteiger partial charge in [0.05, 0.1) is 0 Å². The summed E-state index contributed by atoms with van der Waals surface area (Å²) in [5.41, 5.74) is 0. The summed E-state index contributed by atoms with van der Waals surface area (Å²) in [6.07, 6.45) is 0.550. The zero-order chi connectivity index (χ0) is 12.0. The van der Waals surface area contributed by atoms with E-state index in [1.807, 2.05) is 0 Å². The van der Waals surface area contributed by atoms with Crippen LogP contribution in [0.4, 0.5) is 0 Å². The van der Waals surface area contributed by atoms with Crippen molar-refractivity contribution in [1.29, 1.82) is 0 Å². The summed E-state index contributed by atoms with van der Waals surface area (Å²) in [5.74, 6) is 3.59. The molecular weight excluding hydrogens is 210 g/mol. The van der Waals surface area contributed by atoms with Gasteiger partial charge in [-0.2, -0.15) is 0 Å². The van der Waals surface area contributed by atoms with Gasteiger partial charge in [-0.1, -0.05) is 0 Å². The first-order chi connectivity index (χ1) is 7.65. The monoisotopic (exact) mass is 221 g/mol. The van der Waals surface area contributed by atoms with Crippen LogP contribution in [-0.4, -0.2) is 23.5 Å². The van der Waals surface area contributed by atoms with Gasteiger partial charge in [-0.25, -0.2) is 4.79 Å². The van der Waals surface area contributed by atoms with Crippen molar-refractivity contribution in [3.8, 4) is 11.8 Å². The number of amides is 1. The Kier molecular flexibility index (Phi) is 4.16. The Morgan fingerprint density at radius 1 is 1.44 bits per heavy atom. The Labute approximate surface area is 92.4 Å². The molecule has 5 nitrogen and oxygen atoms in total. The number of carbonyl (C=O) groups excluding carboxylic acids is 1. The third-order valence-corrected chi connectivity index (χ3v) is 1.75. The maximum Gasteiger partial charge on any atom is 0.371 e. The molecule has 0 saturated heterocycles. The lowest BCUT2D eigenvalue weighted by atomic mass is 10.3. The maximum atomic E-state index is 11.4. The number of carbonyl (C=O) groups is 2. The van der Waals surface area contributed by atoms with Gasteiger partial charge in [-0.3, -0.25) is 4.79 Å². The molecule has 16 heavy (non-hydrogen) atoms. The van der Waals surface area contributed by atoms with Crippen LogP contribution >= 0.6 is 0 Å². The van der Waals surface area contributed by atoms with Crippen LogP contribution in [0, 0.1) is 11.8 Å². The second-order valence-corrected chi connectivity index (χ2v) is 2.90. The number of aromatic carboxylic acids is 1. The van der Waals surface area contributed by atoms with Crippen molar-refractivity contribution in [2.45, 2.75) is 13.3 Å². The lowest BCUT2D eigenvalue weighted by molar-refractivity contribution is 0.0659. The number of carboxylic acids is 1. The van der Waals surface area contributed by atoms with Crippen LogP contribution in [0.2, 0.25) is 0 Å². The molecule has 0 aromatic carbocycles. The molecule has 5 heteroatoms. The highest BCUT2D eigenvalue weighted by atomic mass is 16.4. The van der Waals surface area contributed by atoms with E-state index in [1.54, 1.807) is 6.92 Å². The number of nitrogens with one attached hydrogen (secondary N) is 1. The minimum Gasteiger partial charge on any atom is -0.475 e. The van der Waals surface area contributed by atoms with Gasteiger partial charge in [0, 0.05) is 13.0 Å². The number of hydrogen-bond donors (Lipinski definition) is 2. The number of furan rings is 1. The molecule has 0 atom stereocenters. The average molecular weight is 221 g/mol. The van der Waals surface area contributed by atoms with Crippen LogP contribution < -0.4 is 5.32 Å². The fraction of sp³-hybridized carbons (Fsp3) is 0.273. The van der Waals surface area contributed by atoms with Gasteiger partial charge in [0.2, 0.25) is 5.76 Å². The molecule has 0 radical (unpaired) electrons. The first-order valence-electron chi connectivity index (χ1n) is 4.66. The van der Waals surface area contributed by atoms with Gasteiger partial charge < -0.3 is 14.8 Å². The molecule has 0 aliphatic rings. The molecule has 1 amide bonds. The summed E-state index contributed by atoms with van der Waals surface area (Å²) < 4.78 is 4.82. The maximum absolute atomic E-state index is 11.4. The SMILES string of the molecule is CC#CCCNC(=O)c1ccc(C(=O)O)o1. The highest BCUT2D eigenvalue weighted by molar-refractivity contribution is 5.93. The molecule has 0 aliphatic carbocycles. The highest BCUT2D eigenvalue weighted by Crippen LogP contribution is 2.07. The van der Waals surface area contributed by atoms with Gasteiger partial charge in [-0.15, -0.1) is 11.8 Å². The van der Waals surface area contributed by atoms with Crippen LogP contribution in [0.15, 0.2) is 16.5 Å². The number of hydrogen-bond acceptors (Lipinski definition) is 3. The van der Waals surface area contributed by atoms with Crippen molar-refractivity contribution in [3.63, 3.8) is 0 Å². The summed E-state index contributed by atoms with van der Waals surface area (Å²) >= 11 is 0. The van der Waals surface area contributed by atoms with Crippen LogP contribution in [0.5, 0.6) is 0 Å². The van der Waals surface area contributed by atoms with Crippen molar-refractivity contribution in [2.24, 2.45) is 0 Å². The minimum atomic E-state index is -1.20. The molecule has 0 aliphatic heterocycles. The summed E-state index contributed by atoms with van der Waals surface area (Å²) in [4.78, 5) is 21.9. The quantitative estimate of drug-likeness (QED) is 0.589. The summed E-state index contributed by atoms with van der Waals surface area (Å²) in [6.45, 7) is 2.12. The second kappa shape index (κ2) is 5.61. The molecule has 84 valence electrons. The standard InChI is InChI=1S/C11H11NO4/c1-2-3-4-7-12-10(13)8-5-6-9(16-8)11(14)15/h5-6H,4,7H2,1H3,(H,12,13)(H,14,15). The van der Waals surface area contributed by atoms with Crippen molar-refractivity contribution in [2.75, 3.05) is 6.54 Å². The van der Waals surface area contributed by atoms with Crippen LogP contribution in [0.25, 0.3) is 0 Å². The first kappa shape index (κ1) is 11.9. The van der Waals surface area contributed by atoms with Crippen molar-refractivity contribution >= 4 is 11.9 Å². The van der Waals surface area contributed by atoms with E-state index < -0.39 is 11.9 Å². The molecular formula is C11H11NO4. The zero-order valence-electron chi connectivity index (χ0n) is 8.74. The molecule has 1 aromatic rings. The van der Waals surface area contributed by atoms with Crippen molar-refractivity contribution in [1.82, 2.24) is 5.32 Å². The smallest absolute Gasteiger partial charge is 0.371 e. The highest BCUT2D eigenvalue weighted by Gasteiger charge is 2.13. The largest absolute Gasteiger partial charge is 0.475 e. The lowest BCUT2D eigenvalue weighted by Gasteiger charge is -1.98. The molecule has 2 N–H and O–H groups in total. The summed E-state index contributed by atoms with van der Waals surface area (Å²) in [6, 6.07) is 2.56. The van der Waals surface area contributed by atoms with E-state index in [4.69, 9.17) is 9.52 Å². The minimum absolute atomic E-state index is 0.0122. The van der Waals surface area contributed by atoms with E-state index in [9.17, 15) is 9.59 Å². The fourth-order valence-corrected chi connectivity index (χ4v) is 1.03. The second-order valence-electron chi connectivity index (χ2n) is 2.90. The molecule has 0 bridgehead atoms. The van der Waals surface area contributed by atoms with Crippen LogP contribution in [0.3, 0.4) is 0 Å². The average Bonchev–Trinajstić information content (AvgIpc) is 2.73. The molecule has 0 fully saturated rings. The Morgan fingerprint density at radius 3 is 2.69 bits per heavy atom. The van der Waals surface area contributed by atoms with E-state index in [0.717, 1.165) is 0 Å². The normalized spacial score (nSPS) is 9.06. The molecule has 0 spiro atoms. The first-order valence-corrected chi connectivity index (χ1v) is 4.66. The molecule has 0 unspecified atom stereocenters. The van der Waals surface area contributed by atoms with E-state index >= 15 is 0 Å². The Morgan fingerprint density at radius 2 is 2.12 bits per heavy atom. The van der Waals surface area contributed by atoms with E-state index in [1.165, 1.54) is 12.1 Å². The Balaban J connectivity index is 2.51. The summed E-state index contributed by atoms with van der Waals surface area (Å²) in [5, 5.41) is 11.1. The molecule has 1 rings (SSSR count). The molecule has 1 heterocycles.